The molecule has 2 heteroatoms. The van der Waals surface area contributed by atoms with Crippen molar-refractivity contribution in [1.82, 2.24) is 4.98 Å². The molecule has 0 spiro atoms. The van der Waals surface area contributed by atoms with E-state index in [0.29, 0.717) is 5.92 Å². The molecule has 0 amide bonds. The minimum absolute atomic E-state index is 0.284. The third-order valence-corrected chi connectivity index (χ3v) is 3.48. The SMILES string of the molecule is Cc1cnccc1C(O)C1CCCCC1. The summed E-state index contributed by atoms with van der Waals surface area (Å²) in [7, 11) is 0. The highest BCUT2D eigenvalue weighted by atomic mass is 16.3. The van der Waals surface area contributed by atoms with Gasteiger partial charge in [-0.15, -0.1) is 0 Å². The van der Waals surface area contributed by atoms with Crippen LogP contribution in [0.5, 0.6) is 0 Å². The number of hydrogen-bond donors (Lipinski definition) is 1. The van der Waals surface area contributed by atoms with Gasteiger partial charge in [0.1, 0.15) is 0 Å². The summed E-state index contributed by atoms with van der Waals surface area (Å²) in [5.41, 5.74) is 2.17. The van der Waals surface area contributed by atoms with Gasteiger partial charge in [-0.2, -0.15) is 0 Å². The summed E-state index contributed by atoms with van der Waals surface area (Å²) in [4.78, 5) is 4.06. The minimum Gasteiger partial charge on any atom is -0.388 e. The molecular weight excluding hydrogens is 186 g/mol. The molecule has 2 nitrogen and oxygen atoms in total. The van der Waals surface area contributed by atoms with E-state index in [1.54, 1.807) is 6.20 Å². The maximum absolute atomic E-state index is 10.3. The van der Waals surface area contributed by atoms with Crippen LogP contribution in [0.2, 0.25) is 0 Å². The fourth-order valence-corrected chi connectivity index (χ4v) is 2.52. The van der Waals surface area contributed by atoms with Gasteiger partial charge in [0.05, 0.1) is 6.10 Å². The molecule has 0 radical (unpaired) electrons. The van der Waals surface area contributed by atoms with Gasteiger partial charge < -0.3 is 5.11 Å². The number of hydrogen-bond acceptors (Lipinski definition) is 2. The van der Waals surface area contributed by atoms with E-state index in [4.69, 9.17) is 0 Å². The number of pyridine rings is 1. The number of aryl methyl sites for hydroxylation is 1. The summed E-state index contributed by atoms with van der Waals surface area (Å²) in [6, 6.07) is 1.95. The van der Waals surface area contributed by atoms with Gasteiger partial charge in [0.2, 0.25) is 0 Å². The number of aromatic nitrogens is 1. The van der Waals surface area contributed by atoms with Gasteiger partial charge in [-0.25, -0.2) is 0 Å². The lowest BCUT2D eigenvalue weighted by Gasteiger charge is -2.27. The first kappa shape index (κ1) is 10.6. The highest BCUT2D eigenvalue weighted by molar-refractivity contribution is 5.24. The van der Waals surface area contributed by atoms with Crippen molar-refractivity contribution in [3.63, 3.8) is 0 Å². The van der Waals surface area contributed by atoms with Gasteiger partial charge in [-0.1, -0.05) is 19.3 Å². The molecular formula is C13H19NO. The molecule has 15 heavy (non-hydrogen) atoms. The average molecular weight is 205 g/mol. The molecule has 0 aliphatic heterocycles. The molecule has 0 bridgehead atoms. The van der Waals surface area contributed by atoms with E-state index >= 15 is 0 Å². The minimum atomic E-state index is -0.284. The lowest BCUT2D eigenvalue weighted by molar-refractivity contribution is 0.0842. The monoisotopic (exact) mass is 205 g/mol. The van der Waals surface area contributed by atoms with E-state index in [0.717, 1.165) is 11.1 Å². The summed E-state index contributed by atoms with van der Waals surface area (Å²) in [6.45, 7) is 2.02. The molecule has 82 valence electrons. The Balaban J connectivity index is 2.12. The maximum Gasteiger partial charge on any atom is 0.0821 e. The Hall–Kier alpha value is -0.890. The van der Waals surface area contributed by atoms with Crippen LogP contribution in [-0.4, -0.2) is 10.1 Å². The summed E-state index contributed by atoms with van der Waals surface area (Å²) in [5.74, 6) is 0.458. The van der Waals surface area contributed by atoms with Crippen molar-refractivity contribution in [2.75, 3.05) is 0 Å². The lowest BCUT2D eigenvalue weighted by Crippen LogP contribution is -2.16. The van der Waals surface area contributed by atoms with E-state index in [-0.39, 0.29) is 6.10 Å². The Kier molecular flexibility index (Phi) is 3.37. The van der Waals surface area contributed by atoms with Crippen LogP contribution >= 0.6 is 0 Å². The molecule has 1 aliphatic carbocycles. The van der Waals surface area contributed by atoms with Crippen molar-refractivity contribution in [3.8, 4) is 0 Å². The molecule has 1 unspecified atom stereocenters. The quantitative estimate of drug-likeness (QED) is 0.805. The van der Waals surface area contributed by atoms with Crippen LogP contribution in [0, 0.1) is 12.8 Å². The molecule has 2 rings (SSSR count). The Morgan fingerprint density at radius 2 is 2.07 bits per heavy atom. The molecule has 1 saturated carbocycles. The zero-order chi connectivity index (χ0) is 10.7. The third kappa shape index (κ3) is 2.37. The number of aliphatic hydroxyl groups excluding tert-OH is 1. The maximum atomic E-state index is 10.3. The van der Waals surface area contributed by atoms with Crippen LogP contribution in [0.4, 0.5) is 0 Å². The summed E-state index contributed by atoms with van der Waals surface area (Å²) < 4.78 is 0. The van der Waals surface area contributed by atoms with Crippen molar-refractivity contribution in [2.24, 2.45) is 5.92 Å². The van der Waals surface area contributed by atoms with E-state index in [2.05, 4.69) is 4.98 Å². The Labute approximate surface area is 91.4 Å². The van der Waals surface area contributed by atoms with Crippen LogP contribution in [0.1, 0.15) is 49.3 Å². The Morgan fingerprint density at radius 3 is 2.73 bits per heavy atom. The second-order valence-electron chi connectivity index (χ2n) is 4.58. The molecule has 1 fully saturated rings. The first-order valence-corrected chi connectivity index (χ1v) is 5.87. The van der Waals surface area contributed by atoms with Gasteiger partial charge in [0.25, 0.3) is 0 Å². The predicted molar refractivity (Wildman–Crippen MR) is 60.5 cm³/mol. The first-order valence-electron chi connectivity index (χ1n) is 5.87. The topological polar surface area (TPSA) is 33.1 Å². The van der Waals surface area contributed by atoms with E-state index < -0.39 is 0 Å². The molecule has 1 atom stereocenters. The number of aliphatic hydroxyl groups is 1. The Morgan fingerprint density at radius 1 is 1.33 bits per heavy atom. The average Bonchev–Trinajstić information content (AvgIpc) is 2.30. The highest BCUT2D eigenvalue weighted by Crippen LogP contribution is 2.34. The van der Waals surface area contributed by atoms with Gasteiger partial charge >= 0.3 is 0 Å². The second-order valence-corrected chi connectivity index (χ2v) is 4.58. The third-order valence-electron chi connectivity index (χ3n) is 3.48. The second kappa shape index (κ2) is 4.75. The van der Waals surface area contributed by atoms with Crippen molar-refractivity contribution in [3.05, 3.63) is 29.6 Å². The van der Waals surface area contributed by atoms with Crippen LogP contribution in [0.15, 0.2) is 18.5 Å². The van der Waals surface area contributed by atoms with Gasteiger partial charge in [0, 0.05) is 12.4 Å². The lowest BCUT2D eigenvalue weighted by atomic mass is 9.82. The Bertz CT molecular complexity index is 318. The zero-order valence-electron chi connectivity index (χ0n) is 9.32. The molecule has 1 aliphatic rings. The molecule has 1 N–H and O–H groups in total. The number of nitrogens with zero attached hydrogens (tertiary/aromatic N) is 1. The molecule has 1 heterocycles. The van der Waals surface area contributed by atoms with E-state index in [1.807, 2.05) is 19.2 Å². The first-order chi connectivity index (χ1) is 7.29. The fraction of sp³-hybridized carbons (Fsp3) is 0.615. The number of rotatable bonds is 2. The molecule has 1 aromatic rings. The van der Waals surface area contributed by atoms with E-state index in [9.17, 15) is 5.11 Å². The highest BCUT2D eigenvalue weighted by Gasteiger charge is 2.23. The largest absolute Gasteiger partial charge is 0.388 e. The molecule has 0 aromatic carbocycles. The summed E-state index contributed by atoms with van der Waals surface area (Å²) in [5, 5.41) is 10.3. The normalized spacial score (nSPS) is 20.1. The van der Waals surface area contributed by atoms with E-state index in [1.165, 1.54) is 32.1 Å². The van der Waals surface area contributed by atoms with Crippen molar-refractivity contribution in [2.45, 2.75) is 45.1 Å². The van der Waals surface area contributed by atoms with Crippen LogP contribution < -0.4 is 0 Å². The summed E-state index contributed by atoms with van der Waals surface area (Å²) >= 11 is 0. The van der Waals surface area contributed by atoms with Crippen LogP contribution in [0.25, 0.3) is 0 Å². The van der Waals surface area contributed by atoms with Crippen molar-refractivity contribution < 1.29 is 5.11 Å². The van der Waals surface area contributed by atoms with Crippen LogP contribution in [-0.2, 0) is 0 Å². The molecule has 0 saturated heterocycles. The standard InChI is InChI=1S/C13H19NO/c1-10-9-14-8-7-12(10)13(15)11-5-3-2-4-6-11/h7-9,11,13,15H,2-6H2,1H3. The van der Waals surface area contributed by atoms with Crippen molar-refractivity contribution >= 4 is 0 Å². The smallest absolute Gasteiger partial charge is 0.0821 e. The van der Waals surface area contributed by atoms with Gasteiger partial charge in [-0.3, -0.25) is 4.98 Å². The van der Waals surface area contributed by atoms with Gasteiger partial charge in [-0.05, 0) is 42.9 Å². The molecule has 1 aromatic heterocycles. The fourth-order valence-electron chi connectivity index (χ4n) is 2.52. The van der Waals surface area contributed by atoms with Crippen molar-refractivity contribution in [1.29, 1.82) is 0 Å². The summed E-state index contributed by atoms with van der Waals surface area (Å²) in [6.07, 6.45) is 9.53. The zero-order valence-corrected chi connectivity index (χ0v) is 9.32. The predicted octanol–water partition coefficient (Wildman–Crippen LogP) is 3.00. The van der Waals surface area contributed by atoms with Gasteiger partial charge in [0.15, 0.2) is 0 Å². The van der Waals surface area contributed by atoms with Crippen LogP contribution in [0.3, 0.4) is 0 Å².